The van der Waals surface area contributed by atoms with Crippen molar-refractivity contribution in [3.05, 3.63) is 167 Å². The molecule has 10 rings (SSSR count). The Kier molecular flexibility index (Phi) is 17.1. The molecule has 0 amide bonds. The number of quaternary nitrogens is 1. The van der Waals surface area contributed by atoms with E-state index < -0.39 is 40.3 Å². The summed E-state index contributed by atoms with van der Waals surface area (Å²) < 4.78 is 55.6. The first-order valence-electron chi connectivity index (χ1n) is 24.2. The minimum absolute atomic E-state index is 0. The molecule has 0 unspecified atom stereocenters. The Morgan fingerprint density at radius 3 is 1.47 bits per heavy atom. The molecule has 6 N–H and O–H groups in total. The summed E-state index contributed by atoms with van der Waals surface area (Å²) in [6.07, 6.45) is 0.610. The van der Waals surface area contributed by atoms with E-state index >= 15 is 0 Å². The maximum atomic E-state index is 13.6. The first kappa shape index (κ1) is 56.2. The summed E-state index contributed by atoms with van der Waals surface area (Å²) in [5.74, 6) is 2.30. The Balaban J connectivity index is 0.000000199. The summed E-state index contributed by atoms with van der Waals surface area (Å²) in [7, 11) is 12.0. The zero-order chi connectivity index (χ0) is 53.7. The molecule has 402 valence electrons. The summed E-state index contributed by atoms with van der Waals surface area (Å²) in [6.45, 7) is 0.147. The lowest BCUT2D eigenvalue weighted by Gasteiger charge is -2.41. The number of carbonyl (C=O) groups is 3. The highest BCUT2D eigenvalue weighted by Gasteiger charge is 2.75. The number of halogens is 1. The third-order valence-corrected chi connectivity index (χ3v) is 14.7. The van der Waals surface area contributed by atoms with Crippen molar-refractivity contribution in [3.8, 4) is 46.0 Å². The molecule has 0 bridgehead atoms. The third-order valence-electron chi connectivity index (χ3n) is 14.7. The van der Waals surface area contributed by atoms with E-state index in [2.05, 4.69) is 15.8 Å². The van der Waals surface area contributed by atoms with Crippen molar-refractivity contribution in [2.45, 2.75) is 53.1 Å². The number of hydrogen-bond donors (Lipinski definition) is 4. The fourth-order valence-corrected chi connectivity index (χ4v) is 11.3. The standard InChI is InChI=1S/C29H31NO7.C26H24O6.C3H7NO2.ClH/c1-33-20-12-10-19(11-13-20)29-22(18-8-6-5-7-9-18)16-25(30-17-26(31)36-4)28(29,32)27-23(35-3)14-21(34-2)15-24(27)37-29;1-29-18-11-9-17(10-12-18)26-20(16-7-5-4-6-8-16)15-23(27)25(26,28)24-21(31-3)13-19(30-2)14-22(24)32-26;1-6-3(5)2-4;/h5-15,22,25,30,32H,16-17H2,1-4H3;4-14,20,28H,15H2,1-3H3;2,4H2,1H3;1H/t22-,25+,28+,29-;20-,25+,26-;;/m00../s1. The molecule has 2 fully saturated rings. The number of carbonyl (C=O) groups excluding carboxylic acids is 3. The van der Waals surface area contributed by atoms with Crippen LogP contribution in [-0.4, -0.2) is 104 Å². The van der Waals surface area contributed by atoms with Crippen LogP contribution < -0.4 is 61.4 Å². The van der Waals surface area contributed by atoms with Crippen LogP contribution in [0.4, 0.5) is 0 Å². The van der Waals surface area contributed by atoms with Crippen molar-refractivity contribution in [1.82, 2.24) is 5.32 Å². The number of rotatable bonds is 14. The van der Waals surface area contributed by atoms with Gasteiger partial charge in [-0.05, 0) is 47.4 Å². The molecule has 2 aliphatic carbocycles. The van der Waals surface area contributed by atoms with Gasteiger partial charge in [0.15, 0.2) is 34.7 Å². The first-order valence-corrected chi connectivity index (χ1v) is 24.2. The Morgan fingerprint density at radius 2 is 1.03 bits per heavy atom. The van der Waals surface area contributed by atoms with Crippen LogP contribution in [0.3, 0.4) is 0 Å². The van der Waals surface area contributed by atoms with Crippen molar-refractivity contribution >= 4 is 17.7 Å². The largest absolute Gasteiger partial charge is 1.00 e. The molecule has 2 aliphatic heterocycles. The second-order valence-corrected chi connectivity index (χ2v) is 18.1. The highest BCUT2D eigenvalue weighted by Crippen LogP contribution is 2.69. The monoisotopic (exact) mass is 1060 g/mol. The van der Waals surface area contributed by atoms with Crippen LogP contribution in [0.15, 0.2) is 133 Å². The molecule has 7 atom stereocenters. The number of aliphatic hydroxyl groups is 2. The van der Waals surface area contributed by atoms with Gasteiger partial charge in [0.2, 0.25) is 0 Å². The lowest BCUT2D eigenvalue weighted by atomic mass is 9.71. The van der Waals surface area contributed by atoms with E-state index in [1.54, 1.807) is 71.9 Å². The molecule has 6 aromatic rings. The van der Waals surface area contributed by atoms with E-state index in [9.17, 15) is 24.6 Å². The van der Waals surface area contributed by atoms with Crippen molar-refractivity contribution in [3.63, 3.8) is 0 Å². The highest BCUT2D eigenvalue weighted by atomic mass is 35.5. The summed E-state index contributed by atoms with van der Waals surface area (Å²) in [4.78, 5) is 35.6. The fraction of sp³-hybridized carbons (Fsp3) is 0.328. The predicted octanol–water partition coefficient (Wildman–Crippen LogP) is 2.86. The molecular weight excluding hydrogens is 1000 g/mol. The Morgan fingerprint density at radius 1 is 0.579 bits per heavy atom. The van der Waals surface area contributed by atoms with E-state index in [4.69, 9.17) is 42.6 Å². The number of fused-ring (bicyclic) bond motifs is 6. The van der Waals surface area contributed by atoms with Crippen LogP contribution in [0.2, 0.25) is 0 Å². The minimum atomic E-state index is -1.94. The zero-order valence-corrected chi connectivity index (χ0v) is 44.3. The molecule has 2 saturated carbocycles. The van der Waals surface area contributed by atoms with Crippen molar-refractivity contribution in [1.29, 1.82) is 0 Å². The quantitative estimate of drug-likeness (QED) is 0.115. The molecular formula is C58H63ClN2O15. The van der Waals surface area contributed by atoms with E-state index in [0.29, 0.717) is 69.1 Å². The number of nitrogens with one attached hydrogen (secondary N) is 1. The van der Waals surface area contributed by atoms with Gasteiger partial charge in [0.1, 0.15) is 46.0 Å². The number of Topliss-reactive ketones (excluding diaryl/α,β-unsaturated/α-hetero) is 1. The van der Waals surface area contributed by atoms with Crippen molar-refractivity contribution < 1.29 is 90.1 Å². The molecule has 0 radical (unpaired) electrons. The normalized spacial score (nSPS) is 23.8. The second-order valence-electron chi connectivity index (χ2n) is 18.1. The number of ketones is 1. The van der Waals surface area contributed by atoms with Gasteiger partial charge in [-0.1, -0.05) is 84.9 Å². The summed E-state index contributed by atoms with van der Waals surface area (Å²) in [5.41, 5.74) is 1.29. The number of hydrogen-bond acceptors (Lipinski definition) is 16. The van der Waals surface area contributed by atoms with Gasteiger partial charge in [-0.3, -0.25) is 9.59 Å². The van der Waals surface area contributed by atoms with Gasteiger partial charge < -0.3 is 81.0 Å². The Labute approximate surface area is 447 Å². The number of esters is 2. The van der Waals surface area contributed by atoms with Gasteiger partial charge in [0.05, 0.1) is 74.6 Å². The predicted molar refractivity (Wildman–Crippen MR) is 274 cm³/mol. The molecule has 0 saturated heterocycles. The van der Waals surface area contributed by atoms with Gasteiger partial charge >= 0.3 is 11.9 Å². The van der Waals surface area contributed by atoms with Crippen molar-refractivity contribution in [2.24, 2.45) is 0 Å². The molecule has 6 aromatic carbocycles. The molecule has 18 heteroatoms. The van der Waals surface area contributed by atoms with Crippen LogP contribution in [-0.2, 0) is 46.3 Å². The SMILES string of the molecule is COC(=O)CN[C@@H]1C[C@@H](c2ccccc2)[C@]2(c3ccc(OC)cc3)Oc3cc(OC)cc(OC)c3[C@]12O.COC(=O)C[NH3+].COc1ccc([C@@]23Oc4cc(OC)cc(OC)c4[C@]2(O)C(=O)C[C@H]3c2ccccc2)cc1.[Cl-]. The molecule has 17 nitrogen and oxygen atoms in total. The Bertz CT molecular complexity index is 3000. The second kappa shape index (κ2) is 23.1. The van der Waals surface area contributed by atoms with Crippen molar-refractivity contribution in [2.75, 3.05) is 70.0 Å². The molecule has 0 aromatic heterocycles. The van der Waals surface area contributed by atoms with Crippen LogP contribution in [0.25, 0.3) is 0 Å². The smallest absolute Gasteiger partial charge is 0.361 e. The maximum absolute atomic E-state index is 13.6. The summed E-state index contributed by atoms with van der Waals surface area (Å²) in [6, 6.07) is 40.7. The highest BCUT2D eigenvalue weighted by molar-refractivity contribution is 5.97. The van der Waals surface area contributed by atoms with E-state index in [0.717, 1.165) is 16.7 Å². The van der Waals surface area contributed by atoms with Gasteiger partial charge in [0, 0.05) is 54.1 Å². The number of methoxy groups -OCH3 is 8. The number of ether oxygens (including phenoxy) is 10. The molecule has 76 heavy (non-hydrogen) atoms. The number of benzene rings is 6. The van der Waals surface area contributed by atoms with E-state index in [1.165, 1.54) is 21.3 Å². The van der Waals surface area contributed by atoms with Crippen LogP contribution >= 0.6 is 0 Å². The average Bonchev–Trinajstić information content (AvgIpc) is 4.28. The van der Waals surface area contributed by atoms with Gasteiger partial charge in [-0.25, -0.2) is 4.79 Å². The maximum Gasteiger partial charge on any atom is 0.361 e. The minimum Gasteiger partial charge on any atom is -1.00 e. The third kappa shape index (κ3) is 9.25. The lowest BCUT2D eigenvalue weighted by Crippen LogP contribution is -3.00. The summed E-state index contributed by atoms with van der Waals surface area (Å²) >= 11 is 0. The van der Waals surface area contributed by atoms with Gasteiger partial charge in [-0.2, -0.15) is 0 Å². The topological polar surface area (TPSA) is 224 Å². The first-order chi connectivity index (χ1) is 36.2. The van der Waals surface area contributed by atoms with Gasteiger partial charge in [0.25, 0.3) is 0 Å². The van der Waals surface area contributed by atoms with Crippen LogP contribution in [0, 0.1) is 0 Å². The Hall–Kier alpha value is -7.54. The van der Waals surface area contributed by atoms with Gasteiger partial charge in [-0.15, -0.1) is 0 Å². The molecule has 4 aliphatic rings. The average molecular weight is 1060 g/mol. The van der Waals surface area contributed by atoms with Crippen LogP contribution in [0.5, 0.6) is 46.0 Å². The van der Waals surface area contributed by atoms with E-state index in [-0.39, 0.29) is 49.6 Å². The lowest BCUT2D eigenvalue weighted by molar-refractivity contribution is -0.359. The molecule has 0 spiro atoms. The van der Waals surface area contributed by atoms with E-state index in [1.807, 2.05) is 97.1 Å². The summed E-state index contributed by atoms with van der Waals surface area (Å²) in [5, 5.41) is 28.5. The zero-order valence-electron chi connectivity index (χ0n) is 43.5. The fourth-order valence-electron chi connectivity index (χ4n) is 11.3. The molecule has 2 heterocycles. The van der Waals surface area contributed by atoms with Crippen LogP contribution in [0.1, 0.15) is 58.1 Å².